The third-order valence-electron chi connectivity index (χ3n) is 4.14. The van der Waals surface area contributed by atoms with Crippen molar-refractivity contribution in [3.63, 3.8) is 0 Å². The fourth-order valence-electron chi connectivity index (χ4n) is 2.75. The number of carboxylic acid groups (broad SMARTS) is 2. The largest absolute Gasteiger partial charge is 0.473 e. The van der Waals surface area contributed by atoms with Crippen LogP contribution in [-0.2, 0) is 14.3 Å². The Morgan fingerprint density at radius 1 is 0.857 bits per heavy atom. The van der Waals surface area contributed by atoms with Crippen molar-refractivity contribution >= 4 is 11.9 Å². The van der Waals surface area contributed by atoms with Gasteiger partial charge in [0.1, 0.15) is 17.7 Å². The molecule has 2 aromatic carbocycles. The maximum absolute atomic E-state index is 13.2. The molecule has 3 N–H and O–H groups in total. The summed E-state index contributed by atoms with van der Waals surface area (Å²) in [5, 5.41) is 18.1. The first-order valence-corrected chi connectivity index (χ1v) is 8.70. The molecule has 0 atom stereocenters. The predicted molar refractivity (Wildman–Crippen MR) is 96.9 cm³/mol. The second-order valence-corrected chi connectivity index (χ2v) is 6.18. The second kappa shape index (κ2) is 10.5. The molecule has 0 spiro atoms. The molecule has 0 aromatic heterocycles. The zero-order valence-corrected chi connectivity index (χ0v) is 15.0. The number of ether oxygens (including phenoxy) is 1. The van der Waals surface area contributed by atoms with Gasteiger partial charge in [-0.1, -0.05) is 24.3 Å². The van der Waals surface area contributed by atoms with Gasteiger partial charge in [-0.15, -0.1) is 0 Å². The Hall–Kier alpha value is -2.84. The Morgan fingerprint density at radius 3 is 1.61 bits per heavy atom. The van der Waals surface area contributed by atoms with Crippen LogP contribution >= 0.6 is 0 Å². The summed E-state index contributed by atoms with van der Waals surface area (Å²) in [7, 11) is 0. The minimum Gasteiger partial charge on any atom is -0.473 e. The first-order valence-electron chi connectivity index (χ1n) is 8.70. The summed E-state index contributed by atoms with van der Waals surface area (Å²) < 4.78 is 32.6. The number of benzene rings is 2. The molecule has 150 valence electrons. The number of piperidine rings is 1. The monoisotopic (exact) mass is 393 g/mol. The van der Waals surface area contributed by atoms with Crippen LogP contribution in [0, 0.1) is 11.6 Å². The number of halogens is 2. The normalized spacial score (nSPS) is 14.2. The lowest BCUT2D eigenvalue weighted by Crippen LogP contribution is -2.33. The van der Waals surface area contributed by atoms with Crippen molar-refractivity contribution in [3.8, 4) is 0 Å². The maximum Gasteiger partial charge on any atom is 0.414 e. The molecule has 1 fully saturated rings. The zero-order valence-electron chi connectivity index (χ0n) is 15.0. The van der Waals surface area contributed by atoms with Gasteiger partial charge in [0, 0.05) is 0 Å². The summed E-state index contributed by atoms with van der Waals surface area (Å²) in [6.45, 7) is 1.87. The highest BCUT2D eigenvalue weighted by molar-refractivity contribution is 6.27. The van der Waals surface area contributed by atoms with Crippen LogP contribution in [0.1, 0.15) is 30.1 Å². The summed E-state index contributed by atoms with van der Waals surface area (Å²) in [5.41, 5.74) is 1.76. The Bertz CT molecular complexity index is 717. The standard InChI is InChI=1S/C18H19F2NO.C2H2O4/c19-15-5-1-13(2-6-15)18(14-3-7-16(20)8-4-14)22-17-9-11-21-12-10-17;3-1(4)2(5)6/h1-8,17-18,21H,9-12H2;(H,3,4)(H,5,6). The van der Waals surface area contributed by atoms with Crippen LogP contribution < -0.4 is 5.32 Å². The van der Waals surface area contributed by atoms with E-state index in [9.17, 15) is 8.78 Å². The van der Waals surface area contributed by atoms with E-state index in [-0.39, 0.29) is 23.8 Å². The number of hydrogen-bond acceptors (Lipinski definition) is 4. The van der Waals surface area contributed by atoms with E-state index in [1.54, 1.807) is 24.3 Å². The third kappa shape index (κ3) is 6.71. The van der Waals surface area contributed by atoms with Crippen LogP contribution in [0.4, 0.5) is 8.78 Å². The summed E-state index contributed by atoms with van der Waals surface area (Å²) >= 11 is 0. The molecule has 1 aliphatic heterocycles. The Balaban J connectivity index is 0.000000409. The minimum absolute atomic E-state index is 0.154. The van der Waals surface area contributed by atoms with Crippen molar-refractivity contribution in [2.24, 2.45) is 0 Å². The highest BCUT2D eigenvalue weighted by Crippen LogP contribution is 2.29. The average molecular weight is 393 g/mol. The molecule has 0 aliphatic carbocycles. The van der Waals surface area contributed by atoms with E-state index in [4.69, 9.17) is 24.5 Å². The van der Waals surface area contributed by atoms with Gasteiger partial charge in [-0.25, -0.2) is 18.4 Å². The first kappa shape index (κ1) is 21.5. The van der Waals surface area contributed by atoms with Crippen molar-refractivity contribution in [1.29, 1.82) is 0 Å². The number of rotatable bonds is 4. The Labute approximate surface area is 160 Å². The molecule has 28 heavy (non-hydrogen) atoms. The highest BCUT2D eigenvalue weighted by Gasteiger charge is 2.22. The Morgan fingerprint density at radius 2 is 1.25 bits per heavy atom. The molecular weight excluding hydrogens is 372 g/mol. The fraction of sp³-hybridized carbons (Fsp3) is 0.300. The van der Waals surface area contributed by atoms with E-state index >= 15 is 0 Å². The van der Waals surface area contributed by atoms with E-state index in [0.717, 1.165) is 37.1 Å². The number of hydrogen-bond donors (Lipinski definition) is 3. The number of carbonyl (C=O) groups is 2. The molecule has 1 heterocycles. The Kier molecular flexibility index (Phi) is 8.03. The van der Waals surface area contributed by atoms with Gasteiger partial charge in [-0.05, 0) is 61.3 Å². The van der Waals surface area contributed by atoms with Gasteiger partial charge in [0.15, 0.2) is 0 Å². The van der Waals surface area contributed by atoms with Crippen LogP contribution in [0.3, 0.4) is 0 Å². The molecule has 6 nitrogen and oxygen atoms in total. The molecule has 3 rings (SSSR count). The van der Waals surface area contributed by atoms with Gasteiger partial charge in [-0.3, -0.25) is 0 Å². The average Bonchev–Trinajstić information content (AvgIpc) is 2.69. The van der Waals surface area contributed by atoms with E-state index in [2.05, 4.69) is 5.32 Å². The SMILES string of the molecule is Fc1ccc(C(OC2CCNCC2)c2ccc(F)cc2)cc1.O=C(O)C(=O)O. The van der Waals surface area contributed by atoms with Crippen molar-refractivity contribution in [1.82, 2.24) is 5.32 Å². The van der Waals surface area contributed by atoms with Gasteiger partial charge < -0.3 is 20.3 Å². The molecule has 0 radical (unpaired) electrons. The van der Waals surface area contributed by atoms with Crippen molar-refractivity contribution in [3.05, 3.63) is 71.3 Å². The van der Waals surface area contributed by atoms with Crippen LogP contribution in [0.2, 0.25) is 0 Å². The van der Waals surface area contributed by atoms with E-state index in [1.807, 2.05) is 0 Å². The number of nitrogens with one attached hydrogen (secondary N) is 1. The lowest BCUT2D eigenvalue weighted by Gasteiger charge is -2.28. The minimum atomic E-state index is -1.82. The zero-order chi connectivity index (χ0) is 20.5. The van der Waals surface area contributed by atoms with Gasteiger partial charge in [-0.2, -0.15) is 0 Å². The van der Waals surface area contributed by atoms with Crippen LogP contribution in [0.5, 0.6) is 0 Å². The van der Waals surface area contributed by atoms with Gasteiger partial charge in [0.05, 0.1) is 6.10 Å². The maximum atomic E-state index is 13.2. The summed E-state index contributed by atoms with van der Waals surface area (Å²) in [6, 6.07) is 12.6. The van der Waals surface area contributed by atoms with Crippen molar-refractivity contribution in [2.75, 3.05) is 13.1 Å². The quantitative estimate of drug-likeness (QED) is 0.692. The molecule has 0 bridgehead atoms. The molecule has 0 saturated carbocycles. The van der Waals surface area contributed by atoms with Crippen molar-refractivity contribution < 1.29 is 33.3 Å². The molecular formula is C20H21F2NO5. The third-order valence-corrected chi connectivity index (χ3v) is 4.14. The van der Waals surface area contributed by atoms with E-state index < -0.39 is 11.9 Å². The van der Waals surface area contributed by atoms with Crippen LogP contribution in [0.15, 0.2) is 48.5 Å². The molecule has 1 aliphatic rings. The summed E-state index contributed by atoms with van der Waals surface area (Å²) in [4.78, 5) is 18.2. The smallest absolute Gasteiger partial charge is 0.414 e. The lowest BCUT2D eigenvalue weighted by molar-refractivity contribution is -0.159. The number of carboxylic acids is 2. The fourth-order valence-corrected chi connectivity index (χ4v) is 2.75. The van der Waals surface area contributed by atoms with E-state index in [0.29, 0.717) is 0 Å². The molecule has 8 heteroatoms. The molecule has 2 aromatic rings. The van der Waals surface area contributed by atoms with Gasteiger partial charge in [0.2, 0.25) is 0 Å². The topological polar surface area (TPSA) is 95.9 Å². The second-order valence-electron chi connectivity index (χ2n) is 6.18. The van der Waals surface area contributed by atoms with Gasteiger partial charge >= 0.3 is 11.9 Å². The highest BCUT2D eigenvalue weighted by atomic mass is 19.1. The van der Waals surface area contributed by atoms with Crippen LogP contribution in [0.25, 0.3) is 0 Å². The van der Waals surface area contributed by atoms with Crippen LogP contribution in [-0.4, -0.2) is 41.3 Å². The summed E-state index contributed by atoms with van der Waals surface area (Å²) in [6.07, 6.45) is 1.74. The lowest BCUT2D eigenvalue weighted by atomic mass is 10.00. The molecule has 1 saturated heterocycles. The summed E-state index contributed by atoms with van der Waals surface area (Å²) in [5.74, 6) is -4.20. The number of aliphatic carboxylic acids is 2. The van der Waals surface area contributed by atoms with Gasteiger partial charge in [0.25, 0.3) is 0 Å². The molecule has 0 unspecified atom stereocenters. The molecule has 0 amide bonds. The first-order chi connectivity index (χ1) is 13.4. The van der Waals surface area contributed by atoms with Crippen molar-refractivity contribution in [2.45, 2.75) is 25.0 Å². The predicted octanol–water partition coefficient (Wildman–Crippen LogP) is 2.98. The van der Waals surface area contributed by atoms with E-state index in [1.165, 1.54) is 24.3 Å².